The van der Waals surface area contributed by atoms with Crippen molar-refractivity contribution in [2.45, 2.75) is 39.3 Å². The largest absolute Gasteiger partial charge is 0.368 e. The molecule has 6 heteroatoms. The number of nitrogens with zero attached hydrogens (tertiary/aromatic N) is 5. The van der Waals surface area contributed by atoms with Crippen LogP contribution in [0.1, 0.15) is 24.1 Å². The smallest absolute Gasteiger partial charge is 0.222 e. The zero-order valence-electron chi connectivity index (χ0n) is 12.0. The van der Waals surface area contributed by atoms with Gasteiger partial charge in [-0.05, 0) is 32.3 Å². The predicted octanol–water partition coefficient (Wildman–Crippen LogP) is 1.54. The van der Waals surface area contributed by atoms with Gasteiger partial charge in [-0.25, -0.2) is 4.98 Å². The van der Waals surface area contributed by atoms with E-state index in [-0.39, 0.29) is 0 Å². The number of nitrogens with two attached hydrogens (primary N) is 1. The van der Waals surface area contributed by atoms with Gasteiger partial charge in [-0.15, -0.1) is 0 Å². The second kappa shape index (κ2) is 5.11. The summed E-state index contributed by atoms with van der Waals surface area (Å²) >= 11 is 0. The van der Waals surface area contributed by atoms with Gasteiger partial charge in [0.15, 0.2) is 0 Å². The molecule has 1 fully saturated rings. The van der Waals surface area contributed by atoms with Gasteiger partial charge in [0.1, 0.15) is 5.82 Å². The molecular weight excluding hydrogens is 252 g/mol. The second-order valence-corrected chi connectivity index (χ2v) is 5.45. The molecule has 6 nitrogen and oxygen atoms in total. The summed E-state index contributed by atoms with van der Waals surface area (Å²) in [4.78, 5) is 10.8. The Morgan fingerprint density at radius 3 is 2.90 bits per heavy atom. The van der Waals surface area contributed by atoms with Crippen LogP contribution in [0.25, 0.3) is 0 Å². The molecule has 0 amide bonds. The Balaban J connectivity index is 1.81. The number of rotatable bonds is 3. The number of nitrogen functional groups attached to an aromatic ring is 1. The van der Waals surface area contributed by atoms with E-state index in [0.29, 0.717) is 12.0 Å². The first-order chi connectivity index (χ1) is 9.61. The SMILES string of the molecule is Cc1cnn(C[C@@H]2CCCN2c2cc(C)nc(N)n2)c1. The van der Waals surface area contributed by atoms with Crippen molar-refractivity contribution < 1.29 is 0 Å². The van der Waals surface area contributed by atoms with Crippen molar-refractivity contribution in [1.29, 1.82) is 0 Å². The molecule has 1 aliphatic heterocycles. The van der Waals surface area contributed by atoms with E-state index < -0.39 is 0 Å². The lowest BCUT2D eigenvalue weighted by Gasteiger charge is -2.26. The van der Waals surface area contributed by atoms with Crippen LogP contribution in [0.4, 0.5) is 11.8 Å². The summed E-state index contributed by atoms with van der Waals surface area (Å²) in [6.45, 7) is 5.91. The van der Waals surface area contributed by atoms with E-state index >= 15 is 0 Å². The zero-order valence-corrected chi connectivity index (χ0v) is 12.0. The Morgan fingerprint density at radius 2 is 2.20 bits per heavy atom. The Labute approximate surface area is 118 Å². The minimum Gasteiger partial charge on any atom is -0.368 e. The summed E-state index contributed by atoms with van der Waals surface area (Å²) in [5.74, 6) is 1.28. The maximum absolute atomic E-state index is 5.76. The zero-order chi connectivity index (χ0) is 14.1. The third kappa shape index (κ3) is 2.59. The molecule has 0 unspecified atom stereocenters. The predicted molar refractivity (Wildman–Crippen MR) is 78.5 cm³/mol. The average Bonchev–Trinajstić information content (AvgIpc) is 2.98. The van der Waals surface area contributed by atoms with Crippen LogP contribution in [0, 0.1) is 13.8 Å². The minimum absolute atomic E-state index is 0.348. The summed E-state index contributed by atoms with van der Waals surface area (Å²) < 4.78 is 2.01. The fourth-order valence-corrected chi connectivity index (χ4v) is 2.83. The number of aromatic nitrogens is 4. The molecule has 0 aliphatic carbocycles. The maximum atomic E-state index is 5.76. The molecule has 0 aromatic carbocycles. The van der Waals surface area contributed by atoms with Gasteiger partial charge >= 0.3 is 0 Å². The standard InChI is InChI=1S/C14H20N6/c1-10-7-16-19(8-10)9-12-4-3-5-20(12)13-6-11(2)17-14(15)18-13/h6-8,12H,3-5,9H2,1-2H3,(H2,15,17,18)/t12-/m0/s1. The van der Waals surface area contributed by atoms with Gasteiger partial charge in [-0.2, -0.15) is 10.1 Å². The maximum Gasteiger partial charge on any atom is 0.222 e. The van der Waals surface area contributed by atoms with Gasteiger partial charge in [-0.3, -0.25) is 4.68 Å². The highest BCUT2D eigenvalue weighted by Crippen LogP contribution is 2.25. The van der Waals surface area contributed by atoms with E-state index in [1.54, 1.807) is 0 Å². The molecule has 0 radical (unpaired) electrons. The van der Waals surface area contributed by atoms with Crippen molar-refractivity contribution in [2.24, 2.45) is 0 Å². The van der Waals surface area contributed by atoms with E-state index in [9.17, 15) is 0 Å². The van der Waals surface area contributed by atoms with E-state index in [4.69, 9.17) is 5.73 Å². The number of hydrogen-bond acceptors (Lipinski definition) is 5. The average molecular weight is 272 g/mol. The highest BCUT2D eigenvalue weighted by molar-refractivity contribution is 5.45. The third-order valence-corrected chi connectivity index (χ3v) is 3.69. The third-order valence-electron chi connectivity index (χ3n) is 3.69. The Morgan fingerprint density at radius 1 is 1.35 bits per heavy atom. The molecule has 3 rings (SSSR count). The molecule has 1 atom stereocenters. The van der Waals surface area contributed by atoms with E-state index in [1.807, 2.05) is 23.9 Å². The first-order valence-corrected chi connectivity index (χ1v) is 6.98. The molecule has 2 aromatic heterocycles. The van der Waals surface area contributed by atoms with E-state index in [2.05, 4.69) is 33.1 Å². The fraction of sp³-hybridized carbons (Fsp3) is 0.500. The molecule has 1 saturated heterocycles. The highest BCUT2D eigenvalue weighted by atomic mass is 15.3. The molecule has 0 saturated carbocycles. The fourth-order valence-electron chi connectivity index (χ4n) is 2.83. The van der Waals surface area contributed by atoms with Crippen LogP contribution in [0.3, 0.4) is 0 Å². The van der Waals surface area contributed by atoms with Crippen LogP contribution in [0.15, 0.2) is 18.5 Å². The van der Waals surface area contributed by atoms with Gasteiger partial charge in [0.25, 0.3) is 0 Å². The van der Waals surface area contributed by atoms with Gasteiger partial charge in [0, 0.05) is 24.5 Å². The monoisotopic (exact) mass is 272 g/mol. The first kappa shape index (κ1) is 12.9. The summed E-state index contributed by atoms with van der Waals surface area (Å²) in [5.41, 5.74) is 7.86. The lowest BCUT2D eigenvalue weighted by Crippen LogP contribution is -2.34. The summed E-state index contributed by atoms with van der Waals surface area (Å²) in [7, 11) is 0. The molecular formula is C14H20N6. The molecule has 2 N–H and O–H groups in total. The number of aryl methyl sites for hydroxylation is 2. The molecule has 106 valence electrons. The van der Waals surface area contributed by atoms with E-state index in [0.717, 1.165) is 31.0 Å². The van der Waals surface area contributed by atoms with Crippen LogP contribution < -0.4 is 10.6 Å². The topological polar surface area (TPSA) is 72.9 Å². The van der Waals surface area contributed by atoms with Crippen molar-refractivity contribution in [3.05, 3.63) is 29.7 Å². The van der Waals surface area contributed by atoms with Crippen LogP contribution in [0.2, 0.25) is 0 Å². The Hall–Kier alpha value is -2.11. The summed E-state index contributed by atoms with van der Waals surface area (Å²) in [5, 5.41) is 4.38. The quantitative estimate of drug-likeness (QED) is 0.917. The molecule has 0 bridgehead atoms. The van der Waals surface area contributed by atoms with E-state index in [1.165, 1.54) is 12.0 Å². The molecule has 2 aromatic rings. The van der Waals surface area contributed by atoms with Crippen LogP contribution in [0.5, 0.6) is 0 Å². The summed E-state index contributed by atoms with van der Waals surface area (Å²) in [6.07, 6.45) is 6.30. The Kier molecular flexibility index (Phi) is 3.30. The highest BCUT2D eigenvalue weighted by Gasteiger charge is 2.26. The van der Waals surface area contributed by atoms with Gasteiger partial charge in [0.05, 0.1) is 18.8 Å². The molecule has 20 heavy (non-hydrogen) atoms. The molecule has 3 heterocycles. The van der Waals surface area contributed by atoms with Crippen molar-refractivity contribution in [3.63, 3.8) is 0 Å². The van der Waals surface area contributed by atoms with Crippen LogP contribution in [-0.2, 0) is 6.54 Å². The Bertz CT molecular complexity index is 585. The van der Waals surface area contributed by atoms with Gasteiger partial charge in [0.2, 0.25) is 5.95 Å². The number of hydrogen-bond donors (Lipinski definition) is 1. The van der Waals surface area contributed by atoms with Gasteiger partial charge < -0.3 is 10.6 Å². The normalized spacial score (nSPS) is 18.7. The van der Waals surface area contributed by atoms with Crippen molar-refractivity contribution in [2.75, 3.05) is 17.2 Å². The van der Waals surface area contributed by atoms with Gasteiger partial charge in [-0.1, -0.05) is 0 Å². The second-order valence-electron chi connectivity index (χ2n) is 5.45. The van der Waals surface area contributed by atoms with Crippen molar-refractivity contribution >= 4 is 11.8 Å². The van der Waals surface area contributed by atoms with Crippen molar-refractivity contribution in [1.82, 2.24) is 19.7 Å². The number of anilines is 2. The lowest BCUT2D eigenvalue weighted by molar-refractivity contribution is 0.507. The van der Waals surface area contributed by atoms with Crippen LogP contribution in [-0.4, -0.2) is 32.3 Å². The minimum atomic E-state index is 0.348. The van der Waals surface area contributed by atoms with Crippen molar-refractivity contribution in [3.8, 4) is 0 Å². The summed E-state index contributed by atoms with van der Waals surface area (Å²) in [6, 6.07) is 2.42. The van der Waals surface area contributed by atoms with Crippen LogP contribution >= 0.6 is 0 Å². The molecule has 1 aliphatic rings. The molecule has 0 spiro atoms. The first-order valence-electron chi connectivity index (χ1n) is 6.98. The lowest BCUT2D eigenvalue weighted by atomic mass is 10.2.